The van der Waals surface area contributed by atoms with Gasteiger partial charge in [0.15, 0.2) is 0 Å². The highest BCUT2D eigenvalue weighted by molar-refractivity contribution is 6.32. The first kappa shape index (κ1) is 17.8. The highest BCUT2D eigenvalue weighted by Crippen LogP contribution is 2.27. The Hall–Kier alpha value is -2.04. The maximum atomic E-state index is 12.5. The van der Waals surface area contributed by atoms with E-state index in [9.17, 15) is 9.59 Å². The number of nitrogens with one attached hydrogen (secondary N) is 1. The maximum Gasteiger partial charge on any atom is 0.229 e. The zero-order valence-electron chi connectivity index (χ0n) is 13.8. The van der Waals surface area contributed by atoms with Gasteiger partial charge in [0.25, 0.3) is 0 Å². The van der Waals surface area contributed by atoms with E-state index in [4.69, 9.17) is 23.2 Å². The number of carbonyl (C=O) groups is 2. The predicted molar refractivity (Wildman–Crippen MR) is 99.8 cm³/mol. The van der Waals surface area contributed by atoms with Crippen molar-refractivity contribution < 1.29 is 9.59 Å². The molecule has 1 N–H and O–H groups in total. The average Bonchev–Trinajstić information content (AvgIpc) is 2.95. The third-order valence-electron chi connectivity index (χ3n) is 4.43. The standard InChI is InChI=1S/C19H18Cl2N2O2/c1-12-15(20)7-4-8-17(12)22-19(25)14-9-18(24)23(11-14)10-13-5-2-3-6-16(13)21/h2-8,14H,9-11H2,1H3,(H,22,25). The molecule has 6 heteroatoms. The zero-order valence-corrected chi connectivity index (χ0v) is 15.3. The summed E-state index contributed by atoms with van der Waals surface area (Å²) in [6.45, 7) is 2.65. The van der Waals surface area contributed by atoms with Gasteiger partial charge in [0.1, 0.15) is 0 Å². The Bertz CT molecular complexity index is 823. The van der Waals surface area contributed by atoms with Gasteiger partial charge >= 0.3 is 0 Å². The van der Waals surface area contributed by atoms with Gasteiger partial charge in [-0.3, -0.25) is 9.59 Å². The van der Waals surface area contributed by atoms with E-state index < -0.39 is 0 Å². The fourth-order valence-corrected chi connectivity index (χ4v) is 3.28. The molecule has 2 aromatic carbocycles. The normalized spacial score (nSPS) is 17.0. The predicted octanol–water partition coefficient (Wildman–Crippen LogP) is 4.29. The quantitative estimate of drug-likeness (QED) is 0.864. The number of hydrogen-bond acceptors (Lipinski definition) is 2. The molecule has 25 heavy (non-hydrogen) atoms. The van der Waals surface area contributed by atoms with Gasteiger partial charge in [0, 0.05) is 35.2 Å². The number of rotatable bonds is 4. The van der Waals surface area contributed by atoms with Crippen molar-refractivity contribution in [2.75, 3.05) is 11.9 Å². The Labute approximate surface area is 156 Å². The van der Waals surface area contributed by atoms with Crippen LogP contribution in [0.15, 0.2) is 42.5 Å². The first-order valence-electron chi connectivity index (χ1n) is 8.03. The molecule has 1 aliphatic heterocycles. The minimum Gasteiger partial charge on any atom is -0.337 e. The second-order valence-corrected chi connectivity index (χ2v) is 6.98. The van der Waals surface area contributed by atoms with E-state index in [0.717, 1.165) is 11.1 Å². The Morgan fingerprint density at radius 3 is 2.64 bits per heavy atom. The molecule has 0 radical (unpaired) electrons. The fraction of sp³-hybridized carbons (Fsp3) is 0.263. The molecule has 0 aliphatic carbocycles. The largest absolute Gasteiger partial charge is 0.337 e. The van der Waals surface area contributed by atoms with E-state index in [1.54, 1.807) is 29.2 Å². The number of carbonyl (C=O) groups excluding carboxylic acids is 2. The molecule has 2 amide bonds. The van der Waals surface area contributed by atoms with Crippen LogP contribution in [0, 0.1) is 12.8 Å². The summed E-state index contributed by atoms with van der Waals surface area (Å²) in [6.07, 6.45) is 0.204. The Kier molecular flexibility index (Phi) is 5.30. The minimum atomic E-state index is -0.381. The Morgan fingerprint density at radius 2 is 1.88 bits per heavy atom. The highest BCUT2D eigenvalue weighted by Gasteiger charge is 2.34. The fourth-order valence-electron chi connectivity index (χ4n) is 2.91. The van der Waals surface area contributed by atoms with Gasteiger partial charge in [-0.25, -0.2) is 0 Å². The zero-order chi connectivity index (χ0) is 18.0. The van der Waals surface area contributed by atoms with Gasteiger partial charge in [0.05, 0.1) is 5.92 Å². The summed E-state index contributed by atoms with van der Waals surface area (Å²) in [4.78, 5) is 26.5. The average molecular weight is 377 g/mol. The molecule has 1 atom stereocenters. The molecule has 1 unspecified atom stereocenters. The Balaban J connectivity index is 1.66. The van der Waals surface area contributed by atoms with E-state index in [1.807, 2.05) is 25.1 Å². The maximum absolute atomic E-state index is 12.5. The molecule has 0 bridgehead atoms. The van der Waals surface area contributed by atoms with Crippen LogP contribution in [-0.2, 0) is 16.1 Å². The summed E-state index contributed by atoms with van der Waals surface area (Å²) < 4.78 is 0. The van der Waals surface area contributed by atoms with Crippen molar-refractivity contribution in [3.8, 4) is 0 Å². The summed E-state index contributed by atoms with van der Waals surface area (Å²) in [6, 6.07) is 12.8. The van der Waals surface area contributed by atoms with Crippen LogP contribution < -0.4 is 5.32 Å². The molecule has 0 saturated carbocycles. The van der Waals surface area contributed by atoms with Gasteiger partial charge < -0.3 is 10.2 Å². The van der Waals surface area contributed by atoms with Gasteiger partial charge in [-0.15, -0.1) is 0 Å². The SMILES string of the molecule is Cc1c(Cl)cccc1NC(=O)C1CC(=O)N(Cc2ccccc2Cl)C1. The second kappa shape index (κ2) is 7.46. The van der Waals surface area contributed by atoms with E-state index in [1.165, 1.54) is 0 Å². The van der Waals surface area contributed by atoms with Crippen LogP contribution >= 0.6 is 23.2 Å². The molecule has 1 saturated heterocycles. The molecule has 0 spiro atoms. The Morgan fingerprint density at radius 1 is 1.16 bits per heavy atom. The first-order chi connectivity index (χ1) is 12.0. The van der Waals surface area contributed by atoms with Gasteiger partial charge in [-0.2, -0.15) is 0 Å². The monoisotopic (exact) mass is 376 g/mol. The number of nitrogens with zero attached hydrogens (tertiary/aromatic N) is 1. The first-order valence-corrected chi connectivity index (χ1v) is 8.78. The molecular weight excluding hydrogens is 359 g/mol. The molecule has 130 valence electrons. The van der Waals surface area contributed by atoms with Crippen molar-refractivity contribution in [3.05, 3.63) is 63.6 Å². The number of amides is 2. The molecule has 1 heterocycles. The summed E-state index contributed by atoms with van der Waals surface area (Å²) >= 11 is 12.2. The van der Waals surface area contributed by atoms with Crippen LogP contribution in [0.5, 0.6) is 0 Å². The molecular formula is C19H18Cl2N2O2. The lowest BCUT2D eigenvalue weighted by Gasteiger charge is -2.18. The lowest BCUT2D eigenvalue weighted by Crippen LogP contribution is -2.28. The molecule has 1 fully saturated rings. The minimum absolute atomic E-state index is 0.0390. The number of anilines is 1. The van der Waals surface area contributed by atoms with Crippen LogP contribution in [0.3, 0.4) is 0 Å². The number of halogens is 2. The van der Waals surface area contributed by atoms with Crippen molar-refractivity contribution in [1.29, 1.82) is 0 Å². The van der Waals surface area contributed by atoms with E-state index in [0.29, 0.717) is 28.8 Å². The molecule has 1 aliphatic rings. The van der Waals surface area contributed by atoms with E-state index in [-0.39, 0.29) is 24.2 Å². The van der Waals surface area contributed by atoms with Gasteiger partial charge in [-0.1, -0.05) is 47.5 Å². The van der Waals surface area contributed by atoms with Crippen molar-refractivity contribution in [3.63, 3.8) is 0 Å². The van der Waals surface area contributed by atoms with E-state index >= 15 is 0 Å². The summed E-state index contributed by atoms with van der Waals surface area (Å²) in [5.74, 6) is -0.586. The van der Waals surface area contributed by atoms with Crippen LogP contribution in [0.4, 0.5) is 5.69 Å². The lowest BCUT2D eigenvalue weighted by molar-refractivity contribution is -0.128. The molecule has 2 aromatic rings. The van der Waals surface area contributed by atoms with Gasteiger partial charge in [-0.05, 0) is 36.2 Å². The smallest absolute Gasteiger partial charge is 0.229 e. The van der Waals surface area contributed by atoms with Crippen LogP contribution in [0.25, 0.3) is 0 Å². The van der Waals surface area contributed by atoms with Crippen molar-refractivity contribution in [1.82, 2.24) is 4.90 Å². The lowest BCUT2D eigenvalue weighted by atomic mass is 10.1. The number of benzene rings is 2. The second-order valence-electron chi connectivity index (χ2n) is 6.17. The van der Waals surface area contributed by atoms with Crippen molar-refractivity contribution in [2.45, 2.75) is 19.9 Å². The highest BCUT2D eigenvalue weighted by atomic mass is 35.5. The molecule has 0 aromatic heterocycles. The summed E-state index contributed by atoms with van der Waals surface area (Å²) in [5.41, 5.74) is 2.37. The van der Waals surface area contributed by atoms with Crippen LogP contribution in [0.2, 0.25) is 10.0 Å². The van der Waals surface area contributed by atoms with Gasteiger partial charge in [0.2, 0.25) is 11.8 Å². The molecule has 4 nitrogen and oxygen atoms in total. The van der Waals surface area contributed by atoms with Crippen LogP contribution in [0.1, 0.15) is 17.5 Å². The third kappa shape index (κ3) is 3.97. The van der Waals surface area contributed by atoms with Crippen molar-refractivity contribution >= 4 is 40.7 Å². The van der Waals surface area contributed by atoms with Crippen LogP contribution in [-0.4, -0.2) is 23.3 Å². The summed E-state index contributed by atoms with van der Waals surface area (Å²) in [5, 5.41) is 4.10. The van der Waals surface area contributed by atoms with E-state index in [2.05, 4.69) is 5.32 Å². The van der Waals surface area contributed by atoms with Crippen molar-refractivity contribution in [2.24, 2.45) is 5.92 Å². The third-order valence-corrected chi connectivity index (χ3v) is 5.21. The number of hydrogen-bond donors (Lipinski definition) is 1. The topological polar surface area (TPSA) is 49.4 Å². The number of likely N-dealkylation sites (tertiary alicyclic amines) is 1. The molecule has 3 rings (SSSR count). The summed E-state index contributed by atoms with van der Waals surface area (Å²) in [7, 11) is 0.